The van der Waals surface area contributed by atoms with E-state index in [2.05, 4.69) is 5.32 Å². The number of fused-ring (bicyclic) bond motifs is 1. The summed E-state index contributed by atoms with van der Waals surface area (Å²) >= 11 is 6.21. The lowest BCUT2D eigenvalue weighted by molar-refractivity contribution is -0.123. The Kier molecular flexibility index (Phi) is 5.18. The van der Waals surface area contributed by atoms with E-state index in [1.807, 2.05) is 45.0 Å². The Bertz CT molecular complexity index is 864. The molecule has 3 rings (SSSR count). The fourth-order valence-corrected chi connectivity index (χ4v) is 3.09. The summed E-state index contributed by atoms with van der Waals surface area (Å²) in [5, 5.41) is 3.44. The van der Waals surface area contributed by atoms with Crippen molar-refractivity contribution >= 4 is 34.8 Å². The summed E-state index contributed by atoms with van der Waals surface area (Å²) in [5.41, 5.74) is 3.14. The maximum absolute atomic E-state index is 12.7. The average molecular weight is 373 g/mol. The summed E-state index contributed by atoms with van der Waals surface area (Å²) in [6, 6.07) is 10.9. The Balaban J connectivity index is 1.80. The molecule has 0 atom stereocenters. The molecule has 0 saturated heterocycles. The molecule has 1 N–H and O–H groups in total. The van der Waals surface area contributed by atoms with Crippen molar-refractivity contribution in [1.29, 1.82) is 0 Å². The number of carbonyl (C=O) groups excluding carboxylic acids is 2. The number of carbonyl (C=O) groups is 2. The maximum Gasteiger partial charge on any atom is 0.265 e. The molecule has 0 fully saturated rings. The monoisotopic (exact) mass is 372 g/mol. The van der Waals surface area contributed by atoms with Crippen LogP contribution in [0.25, 0.3) is 0 Å². The zero-order valence-corrected chi connectivity index (χ0v) is 15.8. The van der Waals surface area contributed by atoms with Crippen molar-refractivity contribution < 1.29 is 14.3 Å². The first-order valence-electron chi connectivity index (χ1n) is 8.49. The fraction of sp³-hybridized carbons (Fsp3) is 0.300. The largest absolute Gasteiger partial charge is 0.483 e. The Morgan fingerprint density at radius 2 is 2.04 bits per heavy atom. The summed E-state index contributed by atoms with van der Waals surface area (Å²) in [6.07, 6.45) is 0. The fourth-order valence-electron chi connectivity index (χ4n) is 2.92. The van der Waals surface area contributed by atoms with Crippen LogP contribution in [-0.2, 0) is 9.59 Å². The average Bonchev–Trinajstić information content (AvgIpc) is 2.61. The highest BCUT2D eigenvalue weighted by molar-refractivity contribution is 6.31. The first kappa shape index (κ1) is 18.3. The number of rotatable bonds is 4. The van der Waals surface area contributed by atoms with Gasteiger partial charge in [0, 0.05) is 5.02 Å². The van der Waals surface area contributed by atoms with E-state index in [9.17, 15) is 9.59 Å². The van der Waals surface area contributed by atoms with Crippen LogP contribution < -0.4 is 15.0 Å². The van der Waals surface area contributed by atoms with Crippen molar-refractivity contribution in [2.75, 3.05) is 23.4 Å². The van der Waals surface area contributed by atoms with Gasteiger partial charge in [-0.2, -0.15) is 0 Å². The van der Waals surface area contributed by atoms with Crippen LogP contribution in [0.2, 0.25) is 5.02 Å². The second-order valence-electron chi connectivity index (χ2n) is 6.63. The molecule has 0 saturated carbocycles. The minimum Gasteiger partial charge on any atom is -0.483 e. The highest BCUT2D eigenvalue weighted by Crippen LogP contribution is 2.33. The lowest BCUT2D eigenvalue weighted by Gasteiger charge is -2.29. The minimum atomic E-state index is -0.269. The van der Waals surface area contributed by atoms with Gasteiger partial charge in [0.25, 0.3) is 5.91 Å². The van der Waals surface area contributed by atoms with Crippen molar-refractivity contribution in [2.24, 2.45) is 0 Å². The number of para-hydroxylation sites is 2. The third kappa shape index (κ3) is 3.68. The number of hydrogen-bond donors (Lipinski definition) is 1. The number of benzene rings is 2. The lowest BCUT2D eigenvalue weighted by Crippen LogP contribution is -2.44. The highest BCUT2D eigenvalue weighted by Gasteiger charge is 2.27. The maximum atomic E-state index is 12.7. The standard InChI is InChI=1S/C20H21ClN2O3/c1-12(2)14-9-15(21)13(3)8-18(14)26-11-20(25)23-10-19(24)22-16-6-4-5-7-17(16)23/h4-9,12H,10-11H2,1-3H3,(H,22,24). The first-order valence-corrected chi connectivity index (χ1v) is 8.86. The number of aryl methyl sites for hydroxylation is 1. The van der Waals surface area contributed by atoms with Crippen LogP contribution in [0.15, 0.2) is 36.4 Å². The van der Waals surface area contributed by atoms with Crippen LogP contribution >= 0.6 is 11.6 Å². The summed E-state index contributed by atoms with van der Waals surface area (Å²) < 4.78 is 5.82. The number of ether oxygens (including phenoxy) is 1. The summed E-state index contributed by atoms with van der Waals surface area (Å²) in [7, 11) is 0. The van der Waals surface area contributed by atoms with E-state index in [1.54, 1.807) is 12.1 Å². The van der Waals surface area contributed by atoms with Crippen molar-refractivity contribution in [1.82, 2.24) is 0 Å². The van der Waals surface area contributed by atoms with Crippen LogP contribution in [0.3, 0.4) is 0 Å². The SMILES string of the molecule is Cc1cc(OCC(=O)N2CC(=O)Nc3ccccc32)c(C(C)C)cc1Cl. The molecule has 2 amide bonds. The summed E-state index contributed by atoms with van der Waals surface area (Å²) in [4.78, 5) is 26.0. The van der Waals surface area contributed by atoms with Crippen molar-refractivity contribution in [2.45, 2.75) is 26.7 Å². The molecule has 1 aliphatic heterocycles. The van der Waals surface area contributed by atoms with Crippen molar-refractivity contribution in [3.63, 3.8) is 0 Å². The van der Waals surface area contributed by atoms with Gasteiger partial charge in [-0.25, -0.2) is 0 Å². The highest BCUT2D eigenvalue weighted by atomic mass is 35.5. The predicted molar refractivity (Wildman–Crippen MR) is 103 cm³/mol. The zero-order valence-electron chi connectivity index (χ0n) is 15.0. The number of anilines is 2. The summed E-state index contributed by atoms with van der Waals surface area (Å²) in [5.74, 6) is 0.363. The van der Waals surface area contributed by atoms with Crippen LogP contribution in [0.5, 0.6) is 5.75 Å². The van der Waals surface area contributed by atoms with Gasteiger partial charge in [-0.05, 0) is 48.2 Å². The van der Waals surface area contributed by atoms with Crippen molar-refractivity contribution in [3.8, 4) is 5.75 Å². The van der Waals surface area contributed by atoms with Gasteiger partial charge in [-0.3, -0.25) is 14.5 Å². The van der Waals surface area contributed by atoms with E-state index in [1.165, 1.54) is 4.90 Å². The number of amides is 2. The normalized spacial score (nSPS) is 13.4. The number of nitrogens with zero attached hydrogens (tertiary/aromatic N) is 1. The Labute approximate surface area is 157 Å². The van der Waals surface area contributed by atoms with Gasteiger partial charge in [0.2, 0.25) is 5.91 Å². The molecule has 0 radical (unpaired) electrons. The molecule has 0 aromatic heterocycles. The van der Waals surface area contributed by atoms with E-state index in [-0.39, 0.29) is 30.9 Å². The molecule has 2 aromatic carbocycles. The van der Waals surface area contributed by atoms with Crippen LogP contribution in [0.4, 0.5) is 11.4 Å². The van der Waals surface area contributed by atoms with Gasteiger partial charge in [-0.1, -0.05) is 37.6 Å². The number of hydrogen-bond acceptors (Lipinski definition) is 3. The quantitative estimate of drug-likeness (QED) is 0.877. The number of nitrogens with one attached hydrogen (secondary N) is 1. The molecule has 5 nitrogen and oxygen atoms in total. The van der Waals surface area contributed by atoms with Gasteiger partial charge in [-0.15, -0.1) is 0 Å². The second kappa shape index (κ2) is 7.38. The van der Waals surface area contributed by atoms with E-state index in [0.717, 1.165) is 11.1 Å². The third-order valence-corrected chi connectivity index (χ3v) is 4.74. The first-order chi connectivity index (χ1) is 12.4. The van der Waals surface area contributed by atoms with Gasteiger partial charge in [0.1, 0.15) is 12.3 Å². The zero-order chi connectivity index (χ0) is 18.8. The molecule has 26 heavy (non-hydrogen) atoms. The molecule has 1 heterocycles. The van der Waals surface area contributed by atoms with Gasteiger partial charge in [0.15, 0.2) is 6.61 Å². The lowest BCUT2D eigenvalue weighted by atomic mass is 10.0. The molecule has 136 valence electrons. The molecule has 6 heteroatoms. The molecule has 0 unspecified atom stereocenters. The molecule has 0 spiro atoms. The Morgan fingerprint density at radius 3 is 2.77 bits per heavy atom. The molecular formula is C20H21ClN2O3. The Morgan fingerprint density at radius 1 is 1.31 bits per heavy atom. The van der Waals surface area contributed by atoms with Gasteiger partial charge in [0.05, 0.1) is 11.4 Å². The van der Waals surface area contributed by atoms with Crippen LogP contribution in [0.1, 0.15) is 30.9 Å². The Hall–Kier alpha value is -2.53. The van der Waals surface area contributed by atoms with E-state index >= 15 is 0 Å². The van der Waals surface area contributed by atoms with Crippen molar-refractivity contribution in [3.05, 3.63) is 52.5 Å². The van der Waals surface area contributed by atoms with E-state index in [4.69, 9.17) is 16.3 Å². The summed E-state index contributed by atoms with van der Waals surface area (Å²) in [6.45, 7) is 5.81. The molecule has 1 aliphatic rings. The third-order valence-electron chi connectivity index (χ3n) is 4.34. The van der Waals surface area contributed by atoms with Gasteiger partial charge >= 0.3 is 0 Å². The second-order valence-corrected chi connectivity index (χ2v) is 7.04. The predicted octanol–water partition coefficient (Wildman–Crippen LogP) is 4.14. The molecule has 0 aliphatic carbocycles. The topological polar surface area (TPSA) is 58.6 Å². The van der Waals surface area contributed by atoms with Crippen LogP contribution in [0, 0.1) is 6.92 Å². The van der Waals surface area contributed by atoms with Crippen LogP contribution in [-0.4, -0.2) is 25.0 Å². The molecule has 2 aromatic rings. The van der Waals surface area contributed by atoms with E-state index < -0.39 is 0 Å². The van der Waals surface area contributed by atoms with Gasteiger partial charge < -0.3 is 10.1 Å². The minimum absolute atomic E-state index is 0.0180. The molecular weight excluding hydrogens is 352 g/mol. The number of halogens is 1. The van der Waals surface area contributed by atoms with E-state index in [0.29, 0.717) is 22.1 Å². The molecule has 0 bridgehead atoms. The smallest absolute Gasteiger partial charge is 0.265 e.